The quantitative estimate of drug-likeness (QED) is 0.855. The summed E-state index contributed by atoms with van der Waals surface area (Å²) in [5, 5.41) is 2.83. The van der Waals surface area contributed by atoms with E-state index in [9.17, 15) is 9.59 Å². The summed E-state index contributed by atoms with van der Waals surface area (Å²) in [6.07, 6.45) is 2.86. The maximum absolute atomic E-state index is 12.3. The van der Waals surface area contributed by atoms with E-state index in [-0.39, 0.29) is 17.7 Å². The number of anilines is 1. The second kappa shape index (κ2) is 7.35. The van der Waals surface area contributed by atoms with E-state index in [1.807, 2.05) is 33.2 Å². The number of pyridine rings is 1. The smallest absolute Gasteiger partial charge is 0.230 e. The number of hydrogen-bond acceptors (Lipinski definition) is 4. The van der Waals surface area contributed by atoms with Crippen molar-refractivity contribution in [3.05, 3.63) is 23.9 Å². The third-order valence-electron chi connectivity index (χ3n) is 3.87. The van der Waals surface area contributed by atoms with Crippen LogP contribution in [0.1, 0.15) is 18.4 Å². The highest BCUT2D eigenvalue weighted by molar-refractivity contribution is 5.97. The van der Waals surface area contributed by atoms with Gasteiger partial charge in [0.1, 0.15) is 5.82 Å². The van der Waals surface area contributed by atoms with Crippen LogP contribution in [0.4, 0.5) is 5.82 Å². The highest BCUT2D eigenvalue weighted by atomic mass is 16.2. The summed E-state index contributed by atoms with van der Waals surface area (Å²) in [5.74, 6) is 0.237. The lowest BCUT2D eigenvalue weighted by Gasteiger charge is -2.18. The predicted octanol–water partition coefficient (Wildman–Crippen LogP) is 1.13. The van der Waals surface area contributed by atoms with Crippen LogP contribution in [0.2, 0.25) is 0 Å². The van der Waals surface area contributed by atoms with Gasteiger partial charge in [0, 0.05) is 25.7 Å². The van der Waals surface area contributed by atoms with Crippen molar-refractivity contribution in [2.45, 2.75) is 19.8 Å². The molecule has 1 unspecified atom stereocenters. The Balaban J connectivity index is 1.87. The van der Waals surface area contributed by atoms with Crippen LogP contribution in [0.15, 0.2) is 18.3 Å². The lowest BCUT2D eigenvalue weighted by molar-refractivity contribution is -0.128. The molecule has 22 heavy (non-hydrogen) atoms. The van der Waals surface area contributed by atoms with E-state index >= 15 is 0 Å². The van der Waals surface area contributed by atoms with Crippen molar-refractivity contribution in [1.82, 2.24) is 14.8 Å². The van der Waals surface area contributed by atoms with Gasteiger partial charge >= 0.3 is 0 Å². The van der Waals surface area contributed by atoms with E-state index in [1.165, 1.54) is 0 Å². The van der Waals surface area contributed by atoms with Crippen LogP contribution in [0.5, 0.6) is 0 Å². The average molecular weight is 304 g/mol. The minimum absolute atomic E-state index is 0.0663. The first-order valence-electron chi connectivity index (χ1n) is 7.62. The topological polar surface area (TPSA) is 65.5 Å². The molecule has 0 saturated carbocycles. The van der Waals surface area contributed by atoms with Crippen molar-refractivity contribution in [2.24, 2.45) is 5.92 Å². The number of aromatic nitrogens is 1. The van der Waals surface area contributed by atoms with E-state index < -0.39 is 0 Å². The molecule has 0 bridgehead atoms. The summed E-state index contributed by atoms with van der Waals surface area (Å²) >= 11 is 0. The molecule has 1 fully saturated rings. The molecule has 0 aromatic carbocycles. The molecule has 1 saturated heterocycles. The Bertz CT molecular complexity index is 545. The number of carbonyl (C=O) groups excluding carboxylic acids is 2. The maximum atomic E-state index is 12.3. The minimum atomic E-state index is -0.284. The second-order valence-corrected chi connectivity index (χ2v) is 6.06. The summed E-state index contributed by atoms with van der Waals surface area (Å²) in [5.41, 5.74) is 0.919. The average Bonchev–Trinajstić information content (AvgIpc) is 2.83. The Kier molecular flexibility index (Phi) is 5.49. The molecule has 2 rings (SSSR count). The Morgan fingerprint density at radius 2 is 2.27 bits per heavy atom. The predicted molar refractivity (Wildman–Crippen MR) is 85.5 cm³/mol. The summed E-state index contributed by atoms with van der Waals surface area (Å²) < 4.78 is 0. The zero-order valence-electron chi connectivity index (χ0n) is 13.5. The fraction of sp³-hybridized carbons (Fsp3) is 0.562. The molecule has 2 amide bonds. The van der Waals surface area contributed by atoms with Gasteiger partial charge in [0.05, 0.1) is 5.92 Å². The lowest BCUT2D eigenvalue weighted by atomic mass is 10.1. The van der Waals surface area contributed by atoms with Crippen molar-refractivity contribution in [2.75, 3.05) is 39.0 Å². The largest absolute Gasteiger partial charge is 0.342 e. The van der Waals surface area contributed by atoms with Gasteiger partial charge < -0.3 is 15.1 Å². The van der Waals surface area contributed by atoms with Crippen molar-refractivity contribution in [3.63, 3.8) is 0 Å². The zero-order chi connectivity index (χ0) is 16.1. The molecule has 1 aromatic rings. The Morgan fingerprint density at radius 3 is 2.95 bits per heavy atom. The van der Waals surface area contributed by atoms with E-state index in [1.54, 1.807) is 11.1 Å². The molecule has 1 atom stereocenters. The number of nitrogens with zero attached hydrogens (tertiary/aromatic N) is 3. The number of nitrogens with one attached hydrogen (secondary N) is 1. The van der Waals surface area contributed by atoms with Gasteiger partial charge in [0.25, 0.3) is 0 Å². The summed E-state index contributed by atoms with van der Waals surface area (Å²) in [6.45, 7) is 4.05. The number of hydrogen-bond donors (Lipinski definition) is 1. The molecule has 1 aliphatic heterocycles. The van der Waals surface area contributed by atoms with Gasteiger partial charge in [-0.3, -0.25) is 9.59 Å². The Morgan fingerprint density at radius 1 is 1.50 bits per heavy atom. The van der Waals surface area contributed by atoms with Crippen LogP contribution < -0.4 is 5.32 Å². The molecule has 0 aliphatic carbocycles. The fourth-order valence-electron chi connectivity index (χ4n) is 2.58. The monoisotopic (exact) mass is 304 g/mol. The molecular formula is C16H24N4O2. The SMILES string of the molecule is Cc1cccnc1NC(=O)C1CC(=O)N(CCCN(C)C)C1. The third-order valence-corrected chi connectivity index (χ3v) is 3.87. The number of amides is 2. The van der Waals surface area contributed by atoms with Crippen LogP contribution >= 0.6 is 0 Å². The van der Waals surface area contributed by atoms with E-state index in [4.69, 9.17) is 0 Å². The van der Waals surface area contributed by atoms with Gasteiger partial charge in [0.2, 0.25) is 11.8 Å². The molecule has 1 N–H and O–H groups in total. The van der Waals surface area contributed by atoms with Crippen LogP contribution in [0.3, 0.4) is 0 Å². The first-order chi connectivity index (χ1) is 10.5. The lowest BCUT2D eigenvalue weighted by Crippen LogP contribution is -2.30. The van der Waals surface area contributed by atoms with Crippen molar-refractivity contribution < 1.29 is 9.59 Å². The number of rotatable bonds is 6. The standard InChI is InChI=1S/C16H24N4O2/c1-12-6-4-7-17-15(12)18-16(22)13-10-14(21)20(11-13)9-5-8-19(2)3/h4,6-7,13H,5,8-11H2,1-3H3,(H,17,18,22). The molecule has 120 valence electrons. The molecule has 1 aromatic heterocycles. The van der Waals surface area contributed by atoms with Gasteiger partial charge in [-0.15, -0.1) is 0 Å². The minimum Gasteiger partial charge on any atom is -0.342 e. The van der Waals surface area contributed by atoms with Crippen LogP contribution in [-0.4, -0.2) is 60.3 Å². The van der Waals surface area contributed by atoms with Crippen LogP contribution in [0, 0.1) is 12.8 Å². The van der Waals surface area contributed by atoms with Crippen molar-refractivity contribution >= 4 is 17.6 Å². The van der Waals surface area contributed by atoms with E-state index in [2.05, 4.69) is 15.2 Å². The zero-order valence-corrected chi connectivity index (χ0v) is 13.5. The summed E-state index contributed by atoms with van der Waals surface area (Å²) in [4.78, 5) is 32.3. The number of aryl methyl sites for hydroxylation is 1. The number of carbonyl (C=O) groups is 2. The molecule has 6 nitrogen and oxygen atoms in total. The molecule has 2 heterocycles. The normalized spacial score (nSPS) is 18.1. The van der Waals surface area contributed by atoms with Gasteiger partial charge in [-0.2, -0.15) is 0 Å². The van der Waals surface area contributed by atoms with Crippen LogP contribution in [0.25, 0.3) is 0 Å². The maximum Gasteiger partial charge on any atom is 0.230 e. The van der Waals surface area contributed by atoms with Gasteiger partial charge in [-0.25, -0.2) is 4.98 Å². The van der Waals surface area contributed by atoms with Gasteiger partial charge in [-0.05, 0) is 45.6 Å². The molecule has 0 radical (unpaired) electrons. The first-order valence-corrected chi connectivity index (χ1v) is 7.62. The Labute approximate surface area is 131 Å². The first kappa shape index (κ1) is 16.4. The van der Waals surface area contributed by atoms with E-state index in [0.29, 0.717) is 25.3 Å². The summed E-state index contributed by atoms with van der Waals surface area (Å²) in [7, 11) is 4.02. The summed E-state index contributed by atoms with van der Waals surface area (Å²) in [6, 6.07) is 3.73. The van der Waals surface area contributed by atoms with Crippen molar-refractivity contribution in [1.29, 1.82) is 0 Å². The van der Waals surface area contributed by atoms with Crippen molar-refractivity contribution in [3.8, 4) is 0 Å². The molecular weight excluding hydrogens is 280 g/mol. The Hall–Kier alpha value is -1.95. The molecule has 1 aliphatic rings. The van der Waals surface area contributed by atoms with Gasteiger partial charge in [0.15, 0.2) is 0 Å². The second-order valence-electron chi connectivity index (χ2n) is 6.06. The van der Waals surface area contributed by atoms with Crippen LogP contribution in [-0.2, 0) is 9.59 Å². The molecule has 0 spiro atoms. The van der Waals surface area contributed by atoms with Gasteiger partial charge in [-0.1, -0.05) is 6.07 Å². The fourth-order valence-corrected chi connectivity index (χ4v) is 2.58. The molecule has 6 heteroatoms. The number of likely N-dealkylation sites (tertiary alicyclic amines) is 1. The van der Waals surface area contributed by atoms with E-state index in [0.717, 1.165) is 18.5 Å². The highest BCUT2D eigenvalue weighted by Crippen LogP contribution is 2.20. The third kappa shape index (κ3) is 4.27. The highest BCUT2D eigenvalue weighted by Gasteiger charge is 2.34.